The van der Waals surface area contributed by atoms with E-state index in [9.17, 15) is 0 Å². The van der Waals surface area contributed by atoms with Gasteiger partial charge in [-0.3, -0.25) is 4.99 Å². The molecular weight excluding hydrogens is 469 g/mol. The Morgan fingerprint density at radius 2 is 2.13 bits per heavy atom. The van der Waals surface area contributed by atoms with Crippen LogP contribution >= 0.6 is 39.9 Å². The van der Waals surface area contributed by atoms with Crippen molar-refractivity contribution in [2.45, 2.75) is 31.6 Å². The highest BCUT2D eigenvalue weighted by atomic mass is 127. The Kier molecular flexibility index (Phi) is 9.46. The van der Waals surface area contributed by atoms with Gasteiger partial charge in [0.05, 0.1) is 6.61 Å². The second-order valence-electron chi connectivity index (χ2n) is 5.69. The molecule has 1 aromatic carbocycles. The maximum Gasteiger partial charge on any atom is 0.191 e. The maximum absolute atomic E-state index is 5.34. The molecule has 1 fully saturated rings. The number of aliphatic imine (C=N–C) groups is 1. The first-order chi connectivity index (χ1) is 10.7. The fourth-order valence-corrected chi connectivity index (χ4v) is 3.25. The number of nitrogens with one attached hydrogen (secondary N) is 2. The van der Waals surface area contributed by atoms with E-state index in [1.165, 1.54) is 24.8 Å². The van der Waals surface area contributed by atoms with Crippen LogP contribution in [0, 0.1) is 0 Å². The lowest BCUT2D eigenvalue weighted by Crippen LogP contribution is -2.49. The summed E-state index contributed by atoms with van der Waals surface area (Å²) in [7, 11) is 1.81. The molecule has 0 saturated heterocycles. The highest BCUT2D eigenvalue weighted by Crippen LogP contribution is 2.43. The molecule has 0 bridgehead atoms. The number of rotatable bonds is 7. The fourth-order valence-electron chi connectivity index (χ4n) is 2.85. The van der Waals surface area contributed by atoms with Crippen LogP contribution in [0.25, 0.3) is 0 Å². The predicted octanol–water partition coefficient (Wildman–Crippen LogP) is 3.69. The predicted molar refractivity (Wildman–Crippen MR) is 111 cm³/mol. The van der Waals surface area contributed by atoms with Crippen LogP contribution in [0.1, 0.15) is 31.7 Å². The number of hydrogen-bond donors (Lipinski definition) is 2. The van der Waals surface area contributed by atoms with Crippen LogP contribution in [-0.4, -0.2) is 39.3 Å². The van der Waals surface area contributed by atoms with Crippen LogP contribution < -0.4 is 10.6 Å². The van der Waals surface area contributed by atoms with Gasteiger partial charge in [0.1, 0.15) is 0 Å². The van der Waals surface area contributed by atoms with Crippen molar-refractivity contribution in [3.63, 3.8) is 0 Å². The summed E-state index contributed by atoms with van der Waals surface area (Å²) in [4.78, 5) is 4.29. The third-order valence-electron chi connectivity index (χ3n) is 4.31. The first-order valence-electron chi connectivity index (χ1n) is 7.98. The molecule has 0 unspecified atom stereocenters. The Labute approximate surface area is 165 Å². The molecule has 6 heteroatoms. The molecule has 2 N–H and O–H groups in total. The second-order valence-corrected chi connectivity index (χ2v) is 6.61. The van der Waals surface area contributed by atoms with Gasteiger partial charge < -0.3 is 15.4 Å². The molecule has 1 aromatic rings. The molecule has 0 spiro atoms. The Hall–Kier alpha value is -0.340. The summed E-state index contributed by atoms with van der Waals surface area (Å²) in [5.41, 5.74) is 1.65. The van der Waals surface area contributed by atoms with Gasteiger partial charge in [-0.05, 0) is 37.5 Å². The lowest BCUT2D eigenvalue weighted by Gasteiger charge is -2.43. The van der Waals surface area contributed by atoms with Gasteiger partial charge in [-0.25, -0.2) is 0 Å². The summed E-state index contributed by atoms with van der Waals surface area (Å²) in [5.74, 6) is 0.848. The summed E-state index contributed by atoms with van der Waals surface area (Å²) >= 11 is 3.58. The minimum absolute atomic E-state index is 0. The first kappa shape index (κ1) is 20.7. The van der Waals surface area contributed by atoms with Gasteiger partial charge in [0.2, 0.25) is 0 Å². The normalized spacial score (nSPS) is 16.2. The third-order valence-corrected chi connectivity index (χ3v) is 4.80. The molecule has 0 amide bonds. The Bertz CT molecular complexity index is 506. The van der Waals surface area contributed by atoms with Gasteiger partial charge in [0, 0.05) is 36.6 Å². The topological polar surface area (TPSA) is 45.6 Å². The summed E-state index contributed by atoms with van der Waals surface area (Å²) < 4.78 is 6.49. The van der Waals surface area contributed by atoms with Crippen LogP contribution in [0.2, 0.25) is 0 Å². The molecule has 1 aliphatic rings. The summed E-state index contributed by atoms with van der Waals surface area (Å²) in [6.45, 7) is 5.15. The van der Waals surface area contributed by atoms with Crippen LogP contribution in [0.4, 0.5) is 0 Å². The third kappa shape index (κ3) is 5.90. The minimum atomic E-state index is 0. The van der Waals surface area contributed by atoms with Gasteiger partial charge >= 0.3 is 0 Å². The lowest BCUT2D eigenvalue weighted by atomic mass is 9.64. The Morgan fingerprint density at radius 1 is 1.35 bits per heavy atom. The molecule has 1 saturated carbocycles. The van der Waals surface area contributed by atoms with Crippen molar-refractivity contribution >= 4 is 45.9 Å². The zero-order valence-corrected chi connectivity index (χ0v) is 17.8. The van der Waals surface area contributed by atoms with E-state index < -0.39 is 0 Å². The van der Waals surface area contributed by atoms with E-state index in [0.29, 0.717) is 6.61 Å². The zero-order chi connectivity index (χ0) is 15.8. The number of benzene rings is 1. The number of halogens is 2. The number of guanidine groups is 1. The second kappa shape index (κ2) is 10.5. The van der Waals surface area contributed by atoms with Crippen LogP contribution in [-0.2, 0) is 10.2 Å². The average molecular weight is 496 g/mol. The van der Waals surface area contributed by atoms with Crippen molar-refractivity contribution in [3.8, 4) is 0 Å². The van der Waals surface area contributed by atoms with E-state index in [1.807, 2.05) is 14.0 Å². The highest BCUT2D eigenvalue weighted by Gasteiger charge is 2.38. The van der Waals surface area contributed by atoms with Crippen molar-refractivity contribution in [3.05, 3.63) is 34.3 Å². The molecule has 0 aliphatic heterocycles. The zero-order valence-electron chi connectivity index (χ0n) is 13.9. The summed E-state index contributed by atoms with van der Waals surface area (Å²) in [6.07, 6.45) is 3.75. The number of nitrogens with zero attached hydrogens (tertiary/aromatic N) is 1. The van der Waals surface area contributed by atoms with Gasteiger partial charge in [0.25, 0.3) is 0 Å². The average Bonchev–Trinajstić information content (AvgIpc) is 2.48. The Morgan fingerprint density at radius 3 is 2.70 bits per heavy atom. The van der Waals surface area contributed by atoms with Gasteiger partial charge in [-0.15, -0.1) is 24.0 Å². The molecule has 4 nitrogen and oxygen atoms in total. The number of ether oxygens (including phenoxy) is 1. The molecule has 2 rings (SSSR count). The SMILES string of the molecule is CCOCCNC(=NC)NCC1(c2cccc(Br)c2)CCC1.I. The maximum atomic E-state index is 5.34. The van der Waals surface area contributed by atoms with Gasteiger partial charge in [-0.1, -0.05) is 34.5 Å². The summed E-state index contributed by atoms with van der Waals surface area (Å²) in [6, 6.07) is 8.68. The quantitative estimate of drug-likeness (QED) is 0.262. The van der Waals surface area contributed by atoms with Crippen LogP contribution in [0.15, 0.2) is 33.7 Å². The van der Waals surface area contributed by atoms with Crippen molar-refractivity contribution in [1.82, 2.24) is 10.6 Å². The van der Waals surface area contributed by atoms with E-state index in [1.54, 1.807) is 0 Å². The molecule has 0 atom stereocenters. The van der Waals surface area contributed by atoms with E-state index >= 15 is 0 Å². The largest absolute Gasteiger partial charge is 0.380 e. The fraction of sp³-hybridized carbons (Fsp3) is 0.588. The Balaban J connectivity index is 0.00000264. The standard InChI is InChI=1S/C17H26BrN3O.HI/c1-3-22-11-10-20-16(19-2)21-13-17(8-5-9-17)14-6-4-7-15(18)12-14;/h4,6-7,12H,3,5,8-11,13H2,1-2H3,(H2,19,20,21);1H. The minimum Gasteiger partial charge on any atom is -0.380 e. The van der Waals surface area contributed by atoms with E-state index in [0.717, 1.165) is 30.1 Å². The smallest absolute Gasteiger partial charge is 0.191 e. The van der Waals surface area contributed by atoms with E-state index in [2.05, 4.69) is 55.8 Å². The van der Waals surface area contributed by atoms with Crippen molar-refractivity contribution in [2.75, 3.05) is 33.4 Å². The van der Waals surface area contributed by atoms with E-state index in [4.69, 9.17) is 4.74 Å². The van der Waals surface area contributed by atoms with Gasteiger partial charge in [0.15, 0.2) is 5.96 Å². The van der Waals surface area contributed by atoms with Crippen molar-refractivity contribution in [2.24, 2.45) is 4.99 Å². The molecule has 23 heavy (non-hydrogen) atoms. The monoisotopic (exact) mass is 495 g/mol. The highest BCUT2D eigenvalue weighted by molar-refractivity contribution is 14.0. The molecular formula is C17H27BrIN3O. The van der Waals surface area contributed by atoms with Crippen molar-refractivity contribution < 1.29 is 4.74 Å². The molecule has 0 aromatic heterocycles. The van der Waals surface area contributed by atoms with E-state index in [-0.39, 0.29) is 29.4 Å². The summed E-state index contributed by atoms with van der Waals surface area (Å²) in [5, 5.41) is 6.77. The first-order valence-corrected chi connectivity index (χ1v) is 8.78. The molecule has 0 radical (unpaired) electrons. The van der Waals surface area contributed by atoms with Gasteiger partial charge in [-0.2, -0.15) is 0 Å². The molecule has 130 valence electrons. The molecule has 0 heterocycles. The number of hydrogen-bond acceptors (Lipinski definition) is 2. The van der Waals surface area contributed by atoms with Crippen molar-refractivity contribution in [1.29, 1.82) is 0 Å². The molecule has 1 aliphatic carbocycles. The lowest BCUT2D eigenvalue weighted by molar-refractivity contribution is 0.152. The van der Waals surface area contributed by atoms with Crippen LogP contribution in [0.5, 0.6) is 0 Å². The van der Waals surface area contributed by atoms with Crippen LogP contribution in [0.3, 0.4) is 0 Å².